The minimum absolute atomic E-state index is 0.430. The number of aliphatic imine (C=N–C) groups is 1. The van der Waals surface area contributed by atoms with Crippen LogP contribution in [0, 0.1) is 11.8 Å². The lowest BCUT2D eigenvalue weighted by Crippen LogP contribution is -2.46. The molecule has 0 radical (unpaired) electrons. The van der Waals surface area contributed by atoms with E-state index in [1.807, 2.05) is 11.3 Å². The summed E-state index contributed by atoms with van der Waals surface area (Å²) < 4.78 is 0. The van der Waals surface area contributed by atoms with E-state index in [-0.39, 0.29) is 0 Å². The number of piperazine rings is 1. The molecule has 1 aromatic heterocycles. The molecule has 3 rings (SSSR count). The maximum atomic E-state index is 4.95. The number of hydrogen-bond acceptors (Lipinski definition) is 5. The summed E-state index contributed by atoms with van der Waals surface area (Å²) >= 11 is 1.88. The molecule has 7 heteroatoms. The quantitative estimate of drug-likeness (QED) is 0.449. The number of guanidine groups is 1. The number of likely N-dealkylation sites (tertiary alicyclic amines) is 1. The van der Waals surface area contributed by atoms with E-state index in [0.717, 1.165) is 38.1 Å². The van der Waals surface area contributed by atoms with Gasteiger partial charge in [-0.3, -0.25) is 9.89 Å². The molecule has 0 saturated carbocycles. The van der Waals surface area contributed by atoms with Gasteiger partial charge in [-0.2, -0.15) is 0 Å². The second-order valence-electron chi connectivity index (χ2n) is 9.56. The third kappa shape index (κ3) is 8.04. The molecule has 1 aromatic rings. The Balaban J connectivity index is 1.53. The molecular weight excluding hydrogens is 404 g/mol. The van der Waals surface area contributed by atoms with E-state index in [2.05, 4.69) is 70.7 Å². The summed E-state index contributed by atoms with van der Waals surface area (Å²) in [5, 5.41) is 9.33. The van der Waals surface area contributed by atoms with Crippen molar-refractivity contribution >= 4 is 17.3 Å². The zero-order valence-corrected chi connectivity index (χ0v) is 21.0. The molecule has 0 aromatic carbocycles. The van der Waals surface area contributed by atoms with Gasteiger partial charge in [-0.1, -0.05) is 19.9 Å². The second-order valence-corrected chi connectivity index (χ2v) is 10.5. The molecule has 31 heavy (non-hydrogen) atoms. The monoisotopic (exact) mass is 448 g/mol. The predicted octanol–water partition coefficient (Wildman–Crippen LogP) is 2.96. The number of likely N-dealkylation sites (N-methyl/N-ethyl adjacent to an activating group) is 1. The van der Waals surface area contributed by atoms with Crippen molar-refractivity contribution in [1.29, 1.82) is 0 Å². The van der Waals surface area contributed by atoms with Crippen molar-refractivity contribution in [2.45, 2.75) is 39.7 Å². The summed E-state index contributed by atoms with van der Waals surface area (Å²) in [5.41, 5.74) is 0. The van der Waals surface area contributed by atoms with Gasteiger partial charge in [-0.25, -0.2) is 0 Å². The minimum Gasteiger partial charge on any atom is -0.357 e. The molecule has 0 bridgehead atoms. The molecule has 0 amide bonds. The lowest BCUT2D eigenvalue weighted by molar-refractivity contribution is 0.139. The molecular formula is C24H44N6S. The van der Waals surface area contributed by atoms with E-state index >= 15 is 0 Å². The number of thiophene rings is 1. The van der Waals surface area contributed by atoms with Gasteiger partial charge in [0.25, 0.3) is 0 Å². The number of hydrogen-bond donors (Lipinski definition) is 2. The van der Waals surface area contributed by atoms with Gasteiger partial charge in [-0.05, 0) is 63.2 Å². The summed E-state index contributed by atoms with van der Waals surface area (Å²) in [6, 6.07) is 4.90. The molecule has 2 aliphatic heterocycles. The smallest absolute Gasteiger partial charge is 0.191 e. The maximum Gasteiger partial charge on any atom is 0.191 e. The Hall–Kier alpha value is -1.15. The largest absolute Gasteiger partial charge is 0.357 e. The van der Waals surface area contributed by atoms with Crippen molar-refractivity contribution in [1.82, 2.24) is 25.3 Å². The summed E-state index contributed by atoms with van der Waals surface area (Å²) in [6.07, 6.45) is 2.61. The molecule has 2 N–H and O–H groups in total. The molecule has 2 saturated heterocycles. The van der Waals surface area contributed by atoms with Gasteiger partial charge in [0.1, 0.15) is 0 Å². The van der Waals surface area contributed by atoms with Crippen molar-refractivity contribution < 1.29 is 0 Å². The van der Waals surface area contributed by atoms with Crippen molar-refractivity contribution in [3.8, 4) is 0 Å². The van der Waals surface area contributed by atoms with Crippen LogP contribution < -0.4 is 10.6 Å². The first kappa shape index (κ1) is 24.5. The lowest BCUT2D eigenvalue weighted by atomic mass is 9.97. The predicted molar refractivity (Wildman–Crippen MR) is 134 cm³/mol. The Labute approximate surface area is 194 Å². The lowest BCUT2D eigenvalue weighted by Gasteiger charge is -2.36. The highest BCUT2D eigenvalue weighted by Crippen LogP contribution is 2.29. The SMILES string of the molecule is CCNC(=NCC(C)CN1CCN(C)CC1)NCC(c1cccs1)N1CCC(C)CC1. The molecule has 176 valence electrons. The van der Waals surface area contributed by atoms with Gasteiger partial charge in [-0.15, -0.1) is 11.3 Å². The van der Waals surface area contributed by atoms with E-state index in [1.54, 1.807) is 0 Å². The summed E-state index contributed by atoms with van der Waals surface area (Å²) in [7, 11) is 2.22. The Bertz CT molecular complexity index is 633. The van der Waals surface area contributed by atoms with E-state index in [1.165, 1.54) is 57.0 Å². The maximum absolute atomic E-state index is 4.95. The van der Waals surface area contributed by atoms with E-state index in [9.17, 15) is 0 Å². The normalized spacial score (nSPS) is 22.4. The highest BCUT2D eigenvalue weighted by molar-refractivity contribution is 7.10. The number of piperidine rings is 1. The Morgan fingerprint density at radius 3 is 2.55 bits per heavy atom. The first-order valence-corrected chi connectivity index (χ1v) is 13.1. The third-order valence-electron chi connectivity index (χ3n) is 6.66. The average molecular weight is 449 g/mol. The van der Waals surface area contributed by atoms with Crippen molar-refractivity contribution in [2.75, 3.05) is 72.5 Å². The molecule has 2 fully saturated rings. The molecule has 2 unspecified atom stereocenters. The third-order valence-corrected chi connectivity index (χ3v) is 7.64. The van der Waals surface area contributed by atoms with E-state index in [4.69, 9.17) is 4.99 Å². The van der Waals surface area contributed by atoms with Crippen LogP contribution in [0.2, 0.25) is 0 Å². The molecule has 0 spiro atoms. The fraction of sp³-hybridized carbons (Fsp3) is 0.792. The highest BCUT2D eigenvalue weighted by Gasteiger charge is 2.25. The number of nitrogens with zero attached hydrogens (tertiary/aromatic N) is 4. The van der Waals surface area contributed by atoms with Crippen LogP contribution >= 0.6 is 11.3 Å². The van der Waals surface area contributed by atoms with E-state index in [0.29, 0.717) is 12.0 Å². The summed E-state index contributed by atoms with van der Waals surface area (Å²) in [6.45, 7) is 17.8. The van der Waals surface area contributed by atoms with Crippen LogP contribution in [0.15, 0.2) is 22.5 Å². The van der Waals surface area contributed by atoms with Crippen molar-refractivity contribution in [2.24, 2.45) is 16.8 Å². The van der Waals surface area contributed by atoms with Gasteiger partial charge >= 0.3 is 0 Å². The van der Waals surface area contributed by atoms with Gasteiger partial charge in [0.05, 0.1) is 6.04 Å². The Morgan fingerprint density at radius 2 is 1.90 bits per heavy atom. The zero-order chi connectivity index (χ0) is 22.1. The van der Waals surface area contributed by atoms with Crippen LogP contribution in [0.3, 0.4) is 0 Å². The second kappa shape index (κ2) is 12.8. The molecule has 2 aliphatic rings. The number of rotatable bonds is 9. The van der Waals surface area contributed by atoms with Crippen LogP contribution in [0.5, 0.6) is 0 Å². The molecule has 2 atom stereocenters. The van der Waals surface area contributed by atoms with Crippen LogP contribution in [0.25, 0.3) is 0 Å². The topological polar surface area (TPSA) is 46.1 Å². The fourth-order valence-corrected chi connectivity index (χ4v) is 5.40. The fourth-order valence-electron chi connectivity index (χ4n) is 4.54. The van der Waals surface area contributed by atoms with E-state index < -0.39 is 0 Å². The van der Waals surface area contributed by atoms with Crippen molar-refractivity contribution in [3.05, 3.63) is 22.4 Å². The molecule has 3 heterocycles. The number of nitrogens with one attached hydrogen (secondary N) is 2. The van der Waals surface area contributed by atoms with Gasteiger partial charge in [0, 0.05) is 57.2 Å². The van der Waals surface area contributed by atoms with Crippen LogP contribution in [-0.2, 0) is 0 Å². The molecule has 0 aliphatic carbocycles. The minimum atomic E-state index is 0.430. The summed E-state index contributed by atoms with van der Waals surface area (Å²) in [4.78, 5) is 14.1. The molecule has 6 nitrogen and oxygen atoms in total. The van der Waals surface area contributed by atoms with Crippen LogP contribution in [-0.4, -0.2) is 93.2 Å². The Morgan fingerprint density at radius 1 is 1.16 bits per heavy atom. The van der Waals surface area contributed by atoms with Gasteiger partial charge in [0.15, 0.2) is 5.96 Å². The van der Waals surface area contributed by atoms with Crippen LogP contribution in [0.4, 0.5) is 0 Å². The zero-order valence-electron chi connectivity index (χ0n) is 20.1. The Kier molecular flexibility index (Phi) is 10.1. The summed E-state index contributed by atoms with van der Waals surface area (Å²) in [5.74, 6) is 2.38. The highest BCUT2D eigenvalue weighted by atomic mass is 32.1. The van der Waals surface area contributed by atoms with Gasteiger partial charge in [0.2, 0.25) is 0 Å². The van der Waals surface area contributed by atoms with Crippen LogP contribution in [0.1, 0.15) is 44.5 Å². The average Bonchev–Trinajstić information content (AvgIpc) is 3.29. The van der Waals surface area contributed by atoms with Crippen molar-refractivity contribution in [3.63, 3.8) is 0 Å². The standard InChI is InChI=1S/C24H44N6S/c1-5-25-24(26-17-21(3)19-29-14-12-28(4)13-15-29)27-18-22(23-7-6-16-31-23)30-10-8-20(2)9-11-30/h6-7,16,20-22H,5,8-15,17-19H2,1-4H3,(H2,25,26,27). The van der Waals surface area contributed by atoms with Gasteiger partial charge < -0.3 is 20.4 Å². The first-order chi connectivity index (χ1) is 15.0. The first-order valence-electron chi connectivity index (χ1n) is 12.3.